The summed E-state index contributed by atoms with van der Waals surface area (Å²) in [6, 6.07) is 6.82. The van der Waals surface area contributed by atoms with Gasteiger partial charge >= 0.3 is 0 Å². The number of aromatic nitrogens is 2. The highest BCUT2D eigenvalue weighted by Gasteiger charge is 2.26. The molecule has 0 bridgehead atoms. The average molecular weight is 333 g/mol. The molecule has 0 amide bonds. The van der Waals surface area contributed by atoms with Crippen molar-refractivity contribution in [3.63, 3.8) is 0 Å². The zero-order valence-corrected chi connectivity index (χ0v) is 14.4. The van der Waals surface area contributed by atoms with E-state index in [2.05, 4.69) is 31.6 Å². The van der Waals surface area contributed by atoms with Crippen molar-refractivity contribution in [2.24, 2.45) is 0 Å². The number of pyridine rings is 1. The molecule has 5 heteroatoms. The number of rotatable bonds is 3. The van der Waals surface area contributed by atoms with E-state index in [4.69, 9.17) is 11.6 Å². The molecule has 0 N–H and O–H groups in total. The molecule has 0 aliphatic carbocycles. The predicted molar refractivity (Wildman–Crippen MR) is 95.0 cm³/mol. The summed E-state index contributed by atoms with van der Waals surface area (Å²) in [5.41, 5.74) is 1.01. The molecule has 0 unspecified atom stereocenters. The molecule has 124 valence electrons. The number of nitrogens with zero attached hydrogens (tertiary/aromatic N) is 4. The normalized spacial score (nSPS) is 23.8. The Balaban J connectivity index is 1.42. The maximum absolute atomic E-state index is 6.05. The first-order valence-electron chi connectivity index (χ1n) is 8.87. The van der Waals surface area contributed by atoms with Gasteiger partial charge in [0.25, 0.3) is 0 Å². The van der Waals surface area contributed by atoms with Gasteiger partial charge in [-0.3, -0.25) is 9.80 Å². The van der Waals surface area contributed by atoms with Crippen LogP contribution in [0.3, 0.4) is 0 Å². The van der Waals surface area contributed by atoms with E-state index in [1.54, 1.807) is 0 Å². The summed E-state index contributed by atoms with van der Waals surface area (Å²) >= 11 is 6.05. The largest absolute Gasteiger partial charge is 0.331 e. The molecule has 4 rings (SSSR count). The zero-order chi connectivity index (χ0) is 15.6. The summed E-state index contributed by atoms with van der Waals surface area (Å²) in [5, 5.41) is 1.74. The van der Waals surface area contributed by atoms with Crippen LogP contribution in [0.15, 0.2) is 24.4 Å². The second-order valence-corrected chi connectivity index (χ2v) is 7.28. The Labute approximate surface area is 143 Å². The number of hydrogen-bond acceptors (Lipinski definition) is 3. The fourth-order valence-corrected chi connectivity index (χ4v) is 4.26. The molecule has 23 heavy (non-hydrogen) atoms. The van der Waals surface area contributed by atoms with Gasteiger partial charge in [-0.05, 0) is 57.1 Å². The first-order chi connectivity index (χ1) is 11.3. The number of piperidine rings is 1. The molecule has 0 radical (unpaired) electrons. The van der Waals surface area contributed by atoms with Crippen LogP contribution in [-0.2, 0) is 6.54 Å². The minimum absolute atomic E-state index is 0.574. The van der Waals surface area contributed by atoms with E-state index >= 15 is 0 Å². The van der Waals surface area contributed by atoms with Crippen molar-refractivity contribution in [3.05, 3.63) is 29.5 Å². The molecular weight excluding hydrogens is 308 g/mol. The van der Waals surface area contributed by atoms with Gasteiger partial charge in [0, 0.05) is 37.3 Å². The molecule has 2 aliphatic rings. The fraction of sp³-hybridized carbons (Fsp3) is 0.611. The van der Waals surface area contributed by atoms with Crippen LogP contribution < -0.4 is 0 Å². The van der Waals surface area contributed by atoms with Gasteiger partial charge in [-0.25, -0.2) is 4.98 Å². The Morgan fingerprint density at radius 1 is 1.04 bits per heavy atom. The van der Waals surface area contributed by atoms with Crippen LogP contribution in [0, 0.1) is 0 Å². The number of hydrogen-bond donors (Lipinski definition) is 0. The lowest BCUT2D eigenvalue weighted by molar-refractivity contribution is 0.136. The summed E-state index contributed by atoms with van der Waals surface area (Å²) in [4.78, 5) is 9.85. The van der Waals surface area contributed by atoms with Crippen LogP contribution in [0.1, 0.15) is 25.7 Å². The molecule has 1 atom stereocenters. The standard InChI is InChI=1S/C18H25ClN4/c19-17-6-5-15-7-11-23(18(15)20-17)13-12-21-8-3-10-22-9-2-1-4-16(22)14-21/h5-7,11,16H,1-4,8-10,12-14H2/t16-/m0/s1. The van der Waals surface area contributed by atoms with Crippen LogP contribution >= 0.6 is 11.6 Å². The van der Waals surface area contributed by atoms with Crippen molar-refractivity contribution in [1.82, 2.24) is 19.4 Å². The molecule has 2 aliphatic heterocycles. The molecule has 0 spiro atoms. The Morgan fingerprint density at radius 2 is 1.96 bits per heavy atom. The van der Waals surface area contributed by atoms with Gasteiger partial charge in [0.15, 0.2) is 0 Å². The second-order valence-electron chi connectivity index (χ2n) is 6.90. The van der Waals surface area contributed by atoms with E-state index in [0.717, 1.165) is 24.8 Å². The highest BCUT2D eigenvalue weighted by Crippen LogP contribution is 2.21. The van der Waals surface area contributed by atoms with E-state index in [9.17, 15) is 0 Å². The third-order valence-electron chi connectivity index (χ3n) is 5.37. The lowest BCUT2D eigenvalue weighted by Gasteiger charge is -2.35. The Kier molecular flexibility index (Phi) is 4.56. The van der Waals surface area contributed by atoms with E-state index in [1.807, 2.05) is 12.1 Å². The minimum atomic E-state index is 0.574. The lowest BCUT2D eigenvalue weighted by atomic mass is 10.0. The van der Waals surface area contributed by atoms with Crippen LogP contribution in [0.25, 0.3) is 11.0 Å². The summed E-state index contributed by atoms with van der Waals surface area (Å²) < 4.78 is 2.24. The van der Waals surface area contributed by atoms with E-state index in [1.165, 1.54) is 57.2 Å². The van der Waals surface area contributed by atoms with Crippen molar-refractivity contribution >= 4 is 22.6 Å². The SMILES string of the molecule is Clc1ccc2ccn(CCN3CCCN4CCCC[C@H]4C3)c2n1. The first kappa shape index (κ1) is 15.4. The second kappa shape index (κ2) is 6.80. The number of fused-ring (bicyclic) bond motifs is 2. The highest BCUT2D eigenvalue weighted by molar-refractivity contribution is 6.29. The monoisotopic (exact) mass is 332 g/mol. The Bertz CT molecular complexity index is 668. The maximum atomic E-state index is 6.05. The molecule has 4 heterocycles. The van der Waals surface area contributed by atoms with Gasteiger partial charge < -0.3 is 4.57 Å². The first-order valence-corrected chi connectivity index (χ1v) is 9.25. The van der Waals surface area contributed by atoms with E-state index in [0.29, 0.717) is 5.15 Å². The summed E-state index contributed by atoms with van der Waals surface area (Å²) in [6.45, 7) is 7.13. The summed E-state index contributed by atoms with van der Waals surface area (Å²) in [7, 11) is 0. The number of halogens is 1. The van der Waals surface area contributed by atoms with Crippen molar-refractivity contribution in [1.29, 1.82) is 0 Å². The molecule has 0 aromatic carbocycles. The third kappa shape index (κ3) is 3.39. The molecule has 2 saturated heterocycles. The highest BCUT2D eigenvalue weighted by atomic mass is 35.5. The molecule has 4 nitrogen and oxygen atoms in total. The van der Waals surface area contributed by atoms with Gasteiger partial charge in [-0.2, -0.15) is 0 Å². The van der Waals surface area contributed by atoms with Gasteiger partial charge in [-0.15, -0.1) is 0 Å². The van der Waals surface area contributed by atoms with E-state index < -0.39 is 0 Å². The predicted octanol–water partition coefficient (Wildman–Crippen LogP) is 3.25. The van der Waals surface area contributed by atoms with Crippen molar-refractivity contribution in [2.75, 3.05) is 32.7 Å². The fourth-order valence-electron chi connectivity index (χ4n) is 4.12. The molecular formula is C18H25ClN4. The van der Waals surface area contributed by atoms with Crippen molar-refractivity contribution in [3.8, 4) is 0 Å². The average Bonchev–Trinajstić information content (AvgIpc) is 2.83. The topological polar surface area (TPSA) is 24.3 Å². The molecule has 2 aromatic rings. The Morgan fingerprint density at radius 3 is 2.91 bits per heavy atom. The van der Waals surface area contributed by atoms with Gasteiger partial charge in [0.05, 0.1) is 0 Å². The smallest absolute Gasteiger partial charge is 0.141 e. The minimum Gasteiger partial charge on any atom is -0.331 e. The van der Waals surface area contributed by atoms with Crippen molar-refractivity contribution in [2.45, 2.75) is 38.3 Å². The maximum Gasteiger partial charge on any atom is 0.141 e. The van der Waals surface area contributed by atoms with Crippen LogP contribution in [0.5, 0.6) is 0 Å². The zero-order valence-electron chi connectivity index (χ0n) is 13.6. The third-order valence-corrected chi connectivity index (χ3v) is 5.58. The molecule has 2 aromatic heterocycles. The van der Waals surface area contributed by atoms with Gasteiger partial charge in [0.1, 0.15) is 10.8 Å². The molecule has 0 saturated carbocycles. The van der Waals surface area contributed by atoms with Crippen LogP contribution in [-0.4, -0.2) is 58.1 Å². The van der Waals surface area contributed by atoms with Crippen LogP contribution in [0.2, 0.25) is 5.15 Å². The van der Waals surface area contributed by atoms with Gasteiger partial charge in [-0.1, -0.05) is 18.0 Å². The van der Waals surface area contributed by atoms with Crippen molar-refractivity contribution < 1.29 is 0 Å². The summed E-state index contributed by atoms with van der Waals surface area (Å²) in [6.07, 6.45) is 7.60. The van der Waals surface area contributed by atoms with Crippen LogP contribution in [0.4, 0.5) is 0 Å². The summed E-state index contributed by atoms with van der Waals surface area (Å²) in [5.74, 6) is 0. The quantitative estimate of drug-likeness (QED) is 0.806. The Hall–Kier alpha value is -1.10. The lowest BCUT2D eigenvalue weighted by Crippen LogP contribution is -2.44. The molecule has 2 fully saturated rings. The van der Waals surface area contributed by atoms with Gasteiger partial charge in [0.2, 0.25) is 0 Å². The van der Waals surface area contributed by atoms with E-state index in [-0.39, 0.29) is 0 Å².